The fourth-order valence-corrected chi connectivity index (χ4v) is 2.08. The summed E-state index contributed by atoms with van der Waals surface area (Å²) >= 11 is 3.25. The predicted octanol–water partition coefficient (Wildman–Crippen LogP) is 3.40. The Bertz CT molecular complexity index is 727. The van der Waals surface area contributed by atoms with Crippen molar-refractivity contribution in [1.29, 1.82) is 0 Å². The molecule has 2 aromatic rings. The molecular formula is C15H10BrNO5. The van der Waals surface area contributed by atoms with E-state index in [0.29, 0.717) is 5.56 Å². The molecule has 0 radical (unpaired) electrons. The van der Waals surface area contributed by atoms with Crippen molar-refractivity contribution < 1.29 is 19.2 Å². The van der Waals surface area contributed by atoms with Crippen LogP contribution in [0.4, 0.5) is 5.69 Å². The smallest absolute Gasteiger partial charge is 0.338 e. The number of benzene rings is 2. The van der Waals surface area contributed by atoms with Crippen LogP contribution in [0.15, 0.2) is 53.0 Å². The van der Waals surface area contributed by atoms with Crippen molar-refractivity contribution in [2.75, 3.05) is 6.61 Å². The van der Waals surface area contributed by atoms with Gasteiger partial charge in [0, 0.05) is 22.2 Å². The number of Topliss-reactive ketones (excluding diaryl/α,β-unsaturated/α-hetero) is 1. The Morgan fingerprint density at radius 2 is 1.77 bits per heavy atom. The third-order valence-corrected chi connectivity index (χ3v) is 3.29. The minimum absolute atomic E-state index is 0.123. The maximum atomic E-state index is 11.9. The minimum Gasteiger partial charge on any atom is -0.454 e. The molecule has 0 aliphatic heterocycles. The number of esters is 1. The molecule has 0 amide bonds. The number of nitro groups is 1. The number of carbonyl (C=O) groups excluding carboxylic acids is 2. The number of ether oxygens (including phenoxy) is 1. The van der Waals surface area contributed by atoms with E-state index in [1.165, 1.54) is 24.3 Å². The van der Waals surface area contributed by atoms with Gasteiger partial charge in [0.2, 0.25) is 0 Å². The van der Waals surface area contributed by atoms with Crippen LogP contribution in [0.1, 0.15) is 20.7 Å². The quantitative estimate of drug-likeness (QED) is 0.351. The Kier molecular flexibility index (Phi) is 5.00. The van der Waals surface area contributed by atoms with Crippen molar-refractivity contribution in [1.82, 2.24) is 0 Å². The van der Waals surface area contributed by atoms with E-state index >= 15 is 0 Å². The van der Waals surface area contributed by atoms with E-state index in [-0.39, 0.29) is 17.0 Å². The van der Waals surface area contributed by atoms with E-state index in [9.17, 15) is 19.7 Å². The molecule has 2 aromatic carbocycles. The van der Waals surface area contributed by atoms with Crippen molar-refractivity contribution in [3.8, 4) is 0 Å². The largest absolute Gasteiger partial charge is 0.454 e. The molecule has 0 spiro atoms. The van der Waals surface area contributed by atoms with Gasteiger partial charge in [-0.05, 0) is 24.3 Å². The van der Waals surface area contributed by atoms with Gasteiger partial charge in [0.05, 0.1) is 10.5 Å². The van der Waals surface area contributed by atoms with Gasteiger partial charge >= 0.3 is 5.97 Å². The standard InChI is InChI=1S/C15H10BrNO5/c16-12-3-1-2-11(8-12)14(18)9-22-15(19)10-4-6-13(7-5-10)17(20)21/h1-8H,9H2. The zero-order chi connectivity index (χ0) is 16.1. The van der Waals surface area contributed by atoms with Crippen LogP contribution in [0.25, 0.3) is 0 Å². The average Bonchev–Trinajstić information content (AvgIpc) is 2.52. The maximum Gasteiger partial charge on any atom is 0.338 e. The van der Waals surface area contributed by atoms with E-state index < -0.39 is 17.5 Å². The molecule has 0 bridgehead atoms. The molecule has 7 heteroatoms. The van der Waals surface area contributed by atoms with Crippen molar-refractivity contribution >= 4 is 33.4 Å². The molecule has 0 aliphatic rings. The molecule has 0 N–H and O–H groups in total. The van der Waals surface area contributed by atoms with Gasteiger partial charge in [0.15, 0.2) is 12.4 Å². The number of nitro benzene ring substituents is 1. The van der Waals surface area contributed by atoms with E-state index in [1.54, 1.807) is 24.3 Å². The summed E-state index contributed by atoms with van der Waals surface area (Å²) in [6.07, 6.45) is 0. The van der Waals surface area contributed by atoms with Gasteiger partial charge in [-0.3, -0.25) is 14.9 Å². The van der Waals surface area contributed by atoms with Gasteiger partial charge in [-0.25, -0.2) is 4.79 Å². The molecule has 0 aromatic heterocycles. The summed E-state index contributed by atoms with van der Waals surface area (Å²) in [6.45, 7) is -0.397. The Labute approximate surface area is 134 Å². The second kappa shape index (κ2) is 6.95. The second-order valence-corrected chi connectivity index (χ2v) is 5.23. The molecule has 0 heterocycles. The highest BCUT2D eigenvalue weighted by Gasteiger charge is 2.13. The van der Waals surface area contributed by atoms with E-state index in [0.717, 1.165) is 4.47 Å². The molecule has 22 heavy (non-hydrogen) atoms. The van der Waals surface area contributed by atoms with Gasteiger partial charge in [-0.1, -0.05) is 28.1 Å². The second-order valence-electron chi connectivity index (χ2n) is 4.31. The van der Waals surface area contributed by atoms with E-state index in [2.05, 4.69) is 15.9 Å². The van der Waals surface area contributed by atoms with Crippen LogP contribution in [-0.4, -0.2) is 23.3 Å². The van der Waals surface area contributed by atoms with Gasteiger partial charge in [0.1, 0.15) is 0 Å². The van der Waals surface area contributed by atoms with Crippen molar-refractivity contribution in [2.24, 2.45) is 0 Å². The van der Waals surface area contributed by atoms with E-state index in [4.69, 9.17) is 4.74 Å². The first-order valence-corrected chi connectivity index (χ1v) is 6.97. The molecule has 0 aliphatic carbocycles. The van der Waals surface area contributed by atoms with Crippen molar-refractivity contribution in [2.45, 2.75) is 0 Å². The number of rotatable bonds is 5. The van der Waals surface area contributed by atoms with Crippen LogP contribution >= 0.6 is 15.9 Å². The highest BCUT2D eigenvalue weighted by atomic mass is 79.9. The van der Waals surface area contributed by atoms with Gasteiger partial charge in [-0.2, -0.15) is 0 Å². The summed E-state index contributed by atoms with van der Waals surface area (Å²) in [5, 5.41) is 10.5. The summed E-state index contributed by atoms with van der Waals surface area (Å²) < 4.78 is 5.66. The third-order valence-electron chi connectivity index (χ3n) is 2.79. The first kappa shape index (κ1) is 15.8. The normalized spacial score (nSPS) is 10.0. The van der Waals surface area contributed by atoms with Crippen LogP contribution < -0.4 is 0 Å². The molecular weight excluding hydrogens is 354 g/mol. The first-order valence-electron chi connectivity index (χ1n) is 6.18. The molecule has 112 valence electrons. The molecule has 0 saturated carbocycles. The van der Waals surface area contributed by atoms with Crippen LogP contribution in [-0.2, 0) is 4.74 Å². The number of carbonyl (C=O) groups is 2. The summed E-state index contributed by atoms with van der Waals surface area (Å²) in [5.74, 6) is -1.05. The topological polar surface area (TPSA) is 86.5 Å². The summed E-state index contributed by atoms with van der Waals surface area (Å²) in [7, 11) is 0. The fourth-order valence-electron chi connectivity index (χ4n) is 1.68. The van der Waals surface area contributed by atoms with Crippen molar-refractivity contribution in [3.05, 3.63) is 74.2 Å². The number of hydrogen-bond donors (Lipinski definition) is 0. The lowest BCUT2D eigenvalue weighted by Crippen LogP contribution is -2.14. The van der Waals surface area contributed by atoms with Crippen LogP contribution in [0.5, 0.6) is 0 Å². The highest BCUT2D eigenvalue weighted by Crippen LogP contribution is 2.14. The van der Waals surface area contributed by atoms with Gasteiger partial charge in [0.25, 0.3) is 5.69 Å². The molecule has 0 atom stereocenters. The molecule has 6 nitrogen and oxygen atoms in total. The SMILES string of the molecule is O=C(COC(=O)c1ccc([N+](=O)[O-])cc1)c1cccc(Br)c1. The van der Waals surface area contributed by atoms with Crippen LogP contribution in [0.2, 0.25) is 0 Å². The minimum atomic E-state index is -0.710. The lowest BCUT2D eigenvalue weighted by atomic mass is 10.1. The Hall–Kier alpha value is -2.54. The van der Waals surface area contributed by atoms with Gasteiger partial charge < -0.3 is 4.74 Å². The lowest BCUT2D eigenvalue weighted by molar-refractivity contribution is -0.384. The Balaban J connectivity index is 1.97. The zero-order valence-electron chi connectivity index (χ0n) is 11.2. The maximum absolute atomic E-state index is 11.9. The summed E-state index contributed by atoms with van der Waals surface area (Å²) in [4.78, 5) is 33.6. The van der Waals surface area contributed by atoms with Crippen molar-refractivity contribution in [3.63, 3.8) is 0 Å². The number of hydrogen-bond acceptors (Lipinski definition) is 5. The fraction of sp³-hybridized carbons (Fsp3) is 0.0667. The average molecular weight is 364 g/mol. The molecule has 0 saturated heterocycles. The van der Waals surface area contributed by atoms with Gasteiger partial charge in [-0.15, -0.1) is 0 Å². The van der Waals surface area contributed by atoms with E-state index in [1.807, 2.05) is 0 Å². The number of nitrogens with zero attached hydrogens (tertiary/aromatic N) is 1. The lowest BCUT2D eigenvalue weighted by Gasteiger charge is -2.04. The highest BCUT2D eigenvalue weighted by molar-refractivity contribution is 9.10. The number of ketones is 1. The summed E-state index contributed by atoms with van der Waals surface area (Å²) in [5.41, 5.74) is 0.445. The van der Waals surface area contributed by atoms with Crippen LogP contribution in [0, 0.1) is 10.1 Å². The third kappa shape index (κ3) is 3.98. The number of non-ortho nitro benzene ring substituents is 1. The zero-order valence-corrected chi connectivity index (χ0v) is 12.8. The Morgan fingerprint density at radius 1 is 1.09 bits per heavy atom. The molecule has 0 unspecified atom stereocenters. The summed E-state index contributed by atoms with van der Waals surface area (Å²) in [6, 6.07) is 11.7. The number of halogens is 1. The predicted molar refractivity (Wildman–Crippen MR) is 81.9 cm³/mol. The Morgan fingerprint density at radius 3 is 2.36 bits per heavy atom. The molecule has 0 fully saturated rings. The van der Waals surface area contributed by atoms with Crippen LogP contribution in [0.3, 0.4) is 0 Å². The monoisotopic (exact) mass is 363 g/mol. The molecule has 2 rings (SSSR count). The first-order chi connectivity index (χ1) is 10.5.